The Morgan fingerprint density at radius 3 is 2.79 bits per heavy atom. The minimum Gasteiger partial charge on any atom is -0.506 e. The van der Waals surface area contributed by atoms with Gasteiger partial charge in [0, 0.05) is 40.7 Å². The zero-order valence-electron chi connectivity index (χ0n) is 16.9. The topological polar surface area (TPSA) is 61.8 Å². The molecule has 0 radical (unpaired) electrons. The first kappa shape index (κ1) is 22.3. The Labute approximate surface area is 205 Å². The van der Waals surface area contributed by atoms with Gasteiger partial charge in [-0.1, -0.05) is 11.6 Å². The van der Waals surface area contributed by atoms with Gasteiger partial charge in [-0.3, -0.25) is 4.79 Å². The van der Waals surface area contributed by atoms with Crippen LogP contribution in [0, 0.1) is 11.6 Å². The quantitative estimate of drug-likeness (QED) is 0.312. The van der Waals surface area contributed by atoms with Gasteiger partial charge in [-0.15, -0.1) is 0 Å². The number of phenolic OH excluding ortho intramolecular Hbond substituents is 1. The van der Waals surface area contributed by atoms with Crippen LogP contribution in [0.5, 0.6) is 11.5 Å². The van der Waals surface area contributed by atoms with E-state index in [1.165, 1.54) is 12.1 Å². The largest absolute Gasteiger partial charge is 0.506 e. The van der Waals surface area contributed by atoms with Crippen LogP contribution in [0.1, 0.15) is 16.8 Å². The molecule has 33 heavy (non-hydrogen) atoms. The second-order valence-corrected chi connectivity index (χ2v) is 9.88. The molecule has 6 bridgehead atoms. The minimum absolute atomic E-state index is 0.00489. The molecule has 3 aromatic rings. The molecular formula is C23H16BrClF2N2O3S. The number of carbonyl (C=O) groups is 1. The summed E-state index contributed by atoms with van der Waals surface area (Å²) in [7, 11) is 0. The third kappa shape index (κ3) is 4.25. The molecule has 3 aromatic carbocycles. The summed E-state index contributed by atoms with van der Waals surface area (Å²) in [4.78, 5) is 15.1. The second kappa shape index (κ2) is 8.70. The van der Waals surface area contributed by atoms with E-state index >= 15 is 0 Å². The summed E-state index contributed by atoms with van der Waals surface area (Å²) in [5.41, 5.74) is 0.845. The molecular weight excluding hydrogens is 538 g/mol. The van der Waals surface area contributed by atoms with Crippen LogP contribution in [-0.2, 0) is 0 Å². The lowest BCUT2D eigenvalue weighted by Gasteiger charge is -2.19. The van der Waals surface area contributed by atoms with E-state index < -0.39 is 11.6 Å². The van der Waals surface area contributed by atoms with Crippen molar-refractivity contribution in [3.8, 4) is 22.6 Å². The van der Waals surface area contributed by atoms with Crippen LogP contribution in [0.3, 0.4) is 0 Å². The number of carbonyl (C=O) groups excluding carboxylic acids is 1. The molecule has 5 nitrogen and oxygen atoms in total. The van der Waals surface area contributed by atoms with Crippen LogP contribution >= 0.6 is 39.5 Å². The van der Waals surface area contributed by atoms with Gasteiger partial charge in [0.2, 0.25) is 0 Å². The van der Waals surface area contributed by atoms with Gasteiger partial charge >= 0.3 is 0 Å². The van der Waals surface area contributed by atoms with Crippen molar-refractivity contribution in [2.24, 2.45) is 0 Å². The molecule has 1 unspecified atom stereocenters. The molecule has 2 N–H and O–H groups in total. The van der Waals surface area contributed by atoms with E-state index in [2.05, 4.69) is 20.7 Å². The van der Waals surface area contributed by atoms with Crippen LogP contribution in [0.25, 0.3) is 11.1 Å². The van der Waals surface area contributed by atoms with Crippen molar-refractivity contribution in [1.29, 1.82) is 0 Å². The van der Waals surface area contributed by atoms with Gasteiger partial charge in [0.25, 0.3) is 5.91 Å². The first-order chi connectivity index (χ1) is 15.8. The summed E-state index contributed by atoms with van der Waals surface area (Å²) in [5, 5.41) is 10.8. The smallest absolute Gasteiger partial charge is 0.254 e. The van der Waals surface area contributed by atoms with Crippen molar-refractivity contribution in [2.45, 2.75) is 17.4 Å². The fourth-order valence-corrected chi connectivity index (χ4v) is 5.44. The number of nitrogens with one attached hydrogen (secondary N) is 1. The summed E-state index contributed by atoms with van der Waals surface area (Å²) in [6, 6.07) is 10.0. The van der Waals surface area contributed by atoms with Crippen LogP contribution in [0.15, 0.2) is 51.8 Å². The number of ether oxygens (including phenoxy) is 1. The predicted molar refractivity (Wildman–Crippen MR) is 127 cm³/mol. The molecule has 0 aromatic heterocycles. The standard InChI is InChI=1S/C23H16BrClF2N2O3S/c24-16-5-11-6-21(22(16)30)33-28-19-8-14(17(26)9-18(19)27)15-7-12(25)1-2-20(15)32-13-3-4-29(10-13)23(11)31/h1-2,5-9,13,28,30H,3-4,10H2. The molecule has 1 amide bonds. The Morgan fingerprint density at radius 1 is 1.15 bits per heavy atom. The lowest BCUT2D eigenvalue weighted by molar-refractivity contribution is 0.0772. The number of anilines is 1. The number of phenols is 1. The molecule has 0 spiro atoms. The number of aromatic hydroxyl groups is 1. The van der Waals surface area contributed by atoms with E-state index in [-0.39, 0.29) is 29.0 Å². The van der Waals surface area contributed by atoms with Gasteiger partial charge < -0.3 is 19.5 Å². The highest BCUT2D eigenvalue weighted by atomic mass is 79.9. The molecule has 2 aliphatic rings. The average Bonchev–Trinajstić information content (AvgIpc) is 3.24. The molecule has 1 saturated heterocycles. The number of fused-ring (bicyclic) bond motifs is 8. The number of amides is 1. The van der Waals surface area contributed by atoms with E-state index in [9.17, 15) is 18.7 Å². The first-order valence-electron chi connectivity index (χ1n) is 10.0. The molecule has 0 aliphatic carbocycles. The Hall–Kier alpha value is -2.49. The molecule has 1 atom stereocenters. The second-order valence-electron chi connectivity index (χ2n) is 7.74. The highest BCUT2D eigenvalue weighted by molar-refractivity contribution is 9.10. The van der Waals surface area contributed by atoms with Crippen LogP contribution in [0.2, 0.25) is 5.02 Å². The lowest BCUT2D eigenvalue weighted by atomic mass is 10.0. The van der Waals surface area contributed by atoms with Gasteiger partial charge in [-0.25, -0.2) is 8.78 Å². The number of rotatable bonds is 0. The third-order valence-electron chi connectivity index (χ3n) is 5.56. The lowest BCUT2D eigenvalue weighted by Crippen LogP contribution is -2.31. The highest BCUT2D eigenvalue weighted by Gasteiger charge is 2.30. The predicted octanol–water partition coefficient (Wildman–Crippen LogP) is 6.48. The van der Waals surface area contributed by atoms with Crippen LogP contribution in [0.4, 0.5) is 14.5 Å². The number of hydrogen-bond acceptors (Lipinski definition) is 5. The maximum absolute atomic E-state index is 14.9. The fraction of sp³-hybridized carbons (Fsp3) is 0.174. The van der Waals surface area contributed by atoms with Gasteiger partial charge in [0.1, 0.15) is 29.2 Å². The van der Waals surface area contributed by atoms with Crippen molar-refractivity contribution >= 4 is 51.1 Å². The Bertz CT molecular complexity index is 1290. The first-order valence-corrected chi connectivity index (χ1v) is 12.0. The van der Waals surface area contributed by atoms with Crippen molar-refractivity contribution in [3.05, 3.63) is 69.2 Å². The maximum Gasteiger partial charge on any atom is 0.254 e. The summed E-state index contributed by atoms with van der Waals surface area (Å²) in [6.07, 6.45) is 0.280. The molecule has 5 rings (SSSR count). The summed E-state index contributed by atoms with van der Waals surface area (Å²) >= 11 is 10.4. The van der Waals surface area contributed by atoms with Gasteiger partial charge in [-0.2, -0.15) is 0 Å². The van der Waals surface area contributed by atoms with Crippen LogP contribution in [-0.4, -0.2) is 35.1 Å². The Balaban J connectivity index is 1.67. The fourth-order valence-electron chi connectivity index (χ4n) is 3.91. The van der Waals surface area contributed by atoms with Gasteiger partial charge in [0.05, 0.1) is 21.6 Å². The highest BCUT2D eigenvalue weighted by Crippen LogP contribution is 2.41. The molecule has 1 fully saturated rings. The molecule has 0 saturated carbocycles. The number of nitrogens with zero attached hydrogens (tertiary/aromatic N) is 1. The van der Waals surface area contributed by atoms with Crippen molar-refractivity contribution < 1.29 is 23.4 Å². The van der Waals surface area contributed by atoms with E-state index in [1.807, 2.05) is 0 Å². The van der Waals surface area contributed by atoms with Gasteiger partial charge in [0.15, 0.2) is 0 Å². The maximum atomic E-state index is 14.9. The van der Waals surface area contributed by atoms with E-state index in [4.69, 9.17) is 16.3 Å². The third-order valence-corrected chi connectivity index (χ3v) is 7.25. The summed E-state index contributed by atoms with van der Waals surface area (Å²) in [5.74, 6) is -1.51. The molecule has 2 heterocycles. The van der Waals surface area contributed by atoms with E-state index in [1.54, 1.807) is 29.2 Å². The summed E-state index contributed by atoms with van der Waals surface area (Å²) in [6.45, 7) is 0.831. The minimum atomic E-state index is -0.812. The van der Waals surface area contributed by atoms with E-state index in [0.717, 1.165) is 18.0 Å². The zero-order valence-corrected chi connectivity index (χ0v) is 20.0. The van der Waals surface area contributed by atoms with Crippen molar-refractivity contribution in [1.82, 2.24) is 4.90 Å². The van der Waals surface area contributed by atoms with Crippen molar-refractivity contribution in [2.75, 3.05) is 17.8 Å². The monoisotopic (exact) mass is 552 g/mol. The zero-order chi connectivity index (χ0) is 23.3. The number of benzene rings is 3. The molecule has 170 valence electrons. The van der Waals surface area contributed by atoms with Gasteiger partial charge in [-0.05, 0) is 64.3 Å². The van der Waals surface area contributed by atoms with Crippen LogP contribution < -0.4 is 9.46 Å². The van der Waals surface area contributed by atoms with E-state index in [0.29, 0.717) is 50.8 Å². The summed E-state index contributed by atoms with van der Waals surface area (Å²) < 4.78 is 38.8. The Morgan fingerprint density at radius 2 is 1.97 bits per heavy atom. The average molecular weight is 554 g/mol. The number of halogens is 4. The normalized spacial score (nSPS) is 17.5. The van der Waals surface area contributed by atoms with Crippen molar-refractivity contribution in [3.63, 3.8) is 0 Å². The SMILES string of the molecule is O=C1c2cc(Br)c(O)c(c2)SNc2cc(c(F)cc2F)-c2cc(Cl)ccc2OC2CCN1C2. The molecule has 10 heteroatoms. The number of hydrogen-bond donors (Lipinski definition) is 2. The molecule has 2 aliphatic heterocycles. The Kier molecular flexibility index (Phi) is 5.88.